The van der Waals surface area contributed by atoms with E-state index in [1.54, 1.807) is 0 Å². The molecule has 6 nitrogen and oxygen atoms in total. The van der Waals surface area contributed by atoms with E-state index in [1.165, 1.54) is 231 Å². The lowest BCUT2D eigenvalue weighted by molar-refractivity contribution is -0.167. The Morgan fingerprint density at radius 3 is 0.740 bits per heavy atom. The van der Waals surface area contributed by atoms with E-state index in [-0.39, 0.29) is 31.1 Å². The highest BCUT2D eigenvalue weighted by atomic mass is 16.6. The monoisotopic (exact) mass is 1080 g/mol. The molecule has 0 aliphatic carbocycles. The molecule has 0 aliphatic rings. The summed E-state index contributed by atoms with van der Waals surface area (Å²) in [5, 5.41) is 0. The van der Waals surface area contributed by atoms with Gasteiger partial charge >= 0.3 is 17.9 Å². The average molecular weight is 1080 g/mol. The van der Waals surface area contributed by atoms with Crippen LogP contribution in [0.25, 0.3) is 0 Å². The molecule has 6 heteroatoms. The topological polar surface area (TPSA) is 78.9 Å². The van der Waals surface area contributed by atoms with E-state index >= 15 is 0 Å². The molecule has 0 aliphatic heterocycles. The lowest BCUT2D eigenvalue weighted by atomic mass is 10.0. The van der Waals surface area contributed by atoms with E-state index in [0.29, 0.717) is 19.3 Å². The number of hydrogen-bond donors (Lipinski definition) is 0. The summed E-state index contributed by atoms with van der Waals surface area (Å²) >= 11 is 0. The highest BCUT2D eigenvalue weighted by Crippen LogP contribution is 2.17. The molecule has 0 aromatic carbocycles. The van der Waals surface area contributed by atoms with Crippen LogP contribution in [0.5, 0.6) is 0 Å². The molecule has 0 radical (unpaired) electrons. The summed E-state index contributed by atoms with van der Waals surface area (Å²) < 4.78 is 16.9. The Morgan fingerprint density at radius 2 is 0.468 bits per heavy atom. The smallest absolute Gasteiger partial charge is 0.306 e. The van der Waals surface area contributed by atoms with E-state index in [2.05, 4.69) is 81.5 Å². The van der Waals surface area contributed by atoms with Gasteiger partial charge in [0.2, 0.25) is 0 Å². The molecule has 0 N–H and O–H groups in total. The molecular weight excluding hydrogens is 949 g/mol. The predicted molar refractivity (Wildman–Crippen MR) is 335 cm³/mol. The maximum absolute atomic E-state index is 12.9. The van der Waals surface area contributed by atoms with Crippen LogP contribution in [0.2, 0.25) is 0 Å². The standard InChI is InChI=1S/C71H128O6/c1-4-7-10-13-16-19-22-25-28-30-31-32-33-34-35-36-37-38-39-40-41-42-44-46-49-52-55-58-61-64-70(73)76-67-68(66-75-69(72)63-60-57-54-51-48-45-27-24-21-18-15-12-9-6-3)77-71(74)65-62-59-56-53-50-47-43-29-26-23-20-17-14-11-8-5-2/h22,24-25,27,29-31,33-34,43,68H,4-21,23,26,28,32,35-42,44-67H2,1-3H3/b25-22-,27-24-,31-30-,34-33-,43-29-. The Bertz CT molecular complexity index is 1380. The third kappa shape index (κ3) is 63.8. The zero-order chi connectivity index (χ0) is 55.7. The minimum absolute atomic E-state index is 0.0778. The fourth-order valence-electron chi connectivity index (χ4n) is 9.85. The van der Waals surface area contributed by atoms with Gasteiger partial charge in [-0.05, 0) is 109 Å². The van der Waals surface area contributed by atoms with Crippen molar-refractivity contribution in [3.8, 4) is 0 Å². The van der Waals surface area contributed by atoms with Crippen molar-refractivity contribution in [3.05, 3.63) is 60.8 Å². The minimum Gasteiger partial charge on any atom is -0.462 e. The number of rotatable bonds is 62. The average Bonchev–Trinajstić information content (AvgIpc) is 3.43. The number of hydrogen-bond acceptors (Lipinski definition) is 6. The molecule has 0 spiro atoms. The van der Waals surface area contributed by atoms with Gasteiger partial charge in [0.15, 0.2) is 6.10 Å². The first-order valence-electron chi connectivity index (χ1n) is 33.8. The zero-order valence-corrected chi connectivity index (χ0v) is 51.5. The highest BCUT2D eigenvalue weighted by Gasteiger charge is 2.19. The van der Waals surface area contributed by atoms with Crippen molar-refractivity contribution in [1.29, 1.82) is 0 Å². The first-order chi connectivity index (χ1) is 38.0. The Balaban J connectivity index is 4.23. The molecule has 77 heavy (non-hydrogen) atoms. The molecule has 1 atom stereocenters. The van der Waals surface area contributed by atoms with Crippen LogP contribution in [0.1, 0.15) is 355 Å². The van der Waals surface area contributed by atoms with Gasteiger partial charge in [0, 0.05) is 19.3 Å². The molecule has 448 valence electrons. The maximum Gasteiger partial charge on any atom is 0.306 e. The number of carbonyl (C=O) groups excluding carboxylic acids is 3. The number of allylic oxidation sites excluding steroid dienone is 10. The van der Waals surface area contributed by atoms with Crippen LogP contribution in [0.15, 0.2) is 60.8 Å². The largest absolute Gasteiger partial charge is 0.462 e. The van der Waals surface area contributed by atoms with Gasteiger partial charge in [0.25, 0.3) is 0 Å². The van der Waals surface area contributed by atoms with E-state index in [4.69, 9.17) is 14.2 Å². The van der Waals surface area contributed by atoms with E-state index in [1.807, 2.05) is 0 Å². The van der Waals surface area contributed by atoms with E-state index in [0.717, 1.165) is 83.5 Å². The second-order valence-electron chi connectivity index (χ2n) is 22.7. The molecule has 0 rings (SSSR count). The first kappa shape index (κ1) is 74.1. The van der Waals surface area contributed by atoms with Crippen LogP contribution < -0.4 is 0 Å². The van der Waals surface area contributed by atoms with Crippen molar-refractivity contribution < 1.29 is 28.6 Å². The lowest BCUT2D eigenvalue weighted by Gasteiger charge is -2.18. The first-order valence-corrected chi connectivity index (χ1v) is 33.8. The number of esters is 3. The molecule has 0 amide bonds. The lowest BCUT2D eigenvalue weighted by Crippen LogP contribution is -2.30. The van der Waals surface area contributed by atoms with Crippen molar-refractivity contribution in [2.24, 2.45) is 0 Å². The highest BCUT2D eigenvalue weighted by molar-refractivity contribution is 5.71. The second kappa shape index (κ2) is 65.6. The van der Waals surface area contributed by atoms with Crippen molar-refractivity contribution in [2.75, 3.05) is 13.2 Å². The summed E-state index contributed by atoms with van der Waals surface area (Å²) in [6.07, 6.45) is 83.8. The minimum atomic E-state index is -0.782. The number of carbonyl (C=O) groups is 3. The second-order valence-corrected chi connectivity index (χ2v) is 22.7. The Kier molecular flexibility index (Phi) is 63.2. The molecule has 0 heterocycles. The molecule has 1 unspecified atom stereocenters. The van der Waals surface area contributed by atoms with Crippen LogP contribution in [0.4, 0.5) is 0 Å². The van der Waals surface area contributed by atoms with Gasteiger partial charge in [-0.15, -0.1) is 0 Å². The van der Waals surface area contributed by atoms with Gasteiger partial charge in [0.1, 0.15) is 13.2 Å². The zero-order valence-electron chi connectivity index (χ0n) is 51.5. The van der Waals surface area contributed by atoms with Crippen molar-refractivity contribution in [1.82, 2.24) is 0 Å². The molecular formula is C71H128O6. The molecule has 0 aromatic rings. The van der Waals surface area contributed by atoms with Crippen LogP contribution in [0, 0.1) is 0 Å². The molecule has 0 bridgehead atoms. The van der Waals surface area contributed by atoms with Crippen molar-refractivity contribution >= 4 is 17.9 Å². The Labute approximate surface area is 479 Å². The number of ether oxygens (including phenoxy) is 3. The summed E-state index contributed by atoms with van der Waals surface area (Å²) in [7, 11) is 0. The third-order valence-electron chi connectivity index (χ3n) is 15.0. The van der Waals surface area contributed by atoms with E-state index in [9.17, 15) is 14.4 Å². The summed E-state index contributed by atoms with van der Waals surface area (Å²) in [6.45, 7) is 6.65. The molecule has 0 aromatic heterocycles. The maximum atomic E-state index is 12.9. The summed E-state index contributed by atoms with van der Waals surface area (Å²) in [5.41, 5.74) is 0. The fourth-order valence-corrected chi connectivity index (χ4v) is 9.85. The van der Waals surface area contributed by atoms with Crippen LogP contribution in [0.3, 0.4) is 0 Å². The van der Waals surface area contributed by atoms with Crippen LogP contribution in [-0.4, -0.2) is 37.2 Å². The third-order valence-corrected chi connectivity index (χ3v) is 15.0. The van der Waals surface area contributed by atoms with Gasteiger partial charge in [-0.25, -0.2) is 0 Å². The summed E-state index contributed by atoms with van der Waals surface area (Å²) in [4.78, 5) is 38.3. The van der Waals surface area contributed by atoms with Gasteiger partial charge in [-0.2, -0.15) is 0 Å². The SMILES string of the molecule is CCCCCCC/C=C\C/C=C\C/C=C\CCCCCCCCCCCCCCCCC(=O)OCC(COC(=O)CCCCCCC/C=C\CCCCCCC)OC(=O)CCCCCCC/C=C\CCCCCCCCC. The quantitative estimate of drug-likeness (QED) is 0.0261. The van der Waals surface area contributed by atoms with Crippen LogP contribution in [-0.2, 0) is 28.6 Å². The molecule has 0 saturated carbocycles. The molecule has 0 saturated heterocycles. The number of unbranched alkanes of at least 4 members (excludes halogenated alkanes) is 41. The van der Waals surface area contributed by atoms with Gasteiger partial charge < -0.3 is 14.2 Å². The van der Waals surface area contributed by atoms with Crippen molar-refractivity contribution in [3.63, 3.8) is 0 Å². The molecule has 0 fully saturated rings. The summed E-state index contributed by atoms with van der Waals surface area (Å²) in [5.74, 6) is -0.877. The fraction of sp³-hybridized carbons (Fsp3) is 0.817. The summed E-state index contributed by atoms with van der Waals surface area (Å²) in [6, 6.07) is 0. The normalized spacial score (nSPS) is 12.4. The van der Waals surface area contributed by atoms with Crippen molar-refractivity contribution in [2.45, 2.75) is 361 Å². The van der Waals surface area contributed by atoms with Gasteiger partial charge in [0.05, 0.1) is 0 Å². The van der Waals surface area contributed by atoms with E-state index < -0.39 is 6.10 Å². The van der Waals surface area contributed by atoms with Crippen LogP contribution >= 0.6 is 0 Å². The van der Waals surface area contributed by atoms with Gasteiger partial charge in [-0.1, -0.05) is 287 Å². The van der Waals surface area contributed by atoms with Gasteiger partial charge in [-0.3, -0.25) is 14.4 Å². The Hall–Kier alpha value is -2.89. The Morgan fingerprint density at radius 1 is 0.260 bits per heavy atom. The predicted octanol–water partition coefficient (Wildman–Crippen LogP) is 23.1.